The molecular weight excluding hydrogens is 469 g/mol. The first-order valence-electron chi connectivity index (χ1n) is 12.4. The summed E-state index contributed by atoms with van der Waals surface area (Å²) in [6, 6.07) is 12.2. The van der Waals surface area contributed by atoms with Gasteiger partial charge in [-0.15, -0.1) is 13.2 Å². The van der Waals surface area contributed by atoms with Gasteiger partial charge in [0.05, 0.1) is 5.92 Å². The minimum atomic E-state index is -4.75. The predicted molar refractivity (Wildman–Crippen MR) is 134 cm³/mol. The first-order valence-corrected chi connectivity index (χ1v) is 12.4. The maximum Gasteiger partial charge on any atom is 0.487 e. The molecule has 6 nitrogen and oxygen atoms in total. The SMILES string of the molecule is Cc1cc(CNC(=O)C2CC(=O)N(C(F)(F)F)C2)ccc1Nc1ccc(N2CCC(C)CC2)cc1C. The Kier molecular flexibility index (Phi) is 7.47. The van der Waals surface area contributed by atoms with Gasteiger partial charge < -0.3 is 15.5 Å². The summed E-state index contributed by atoms with van der Waals surface area (Å²) in [5.41, 5.74) is 6.17. The van der Waals surface area contributed by atoms with Gasteiger partial charge in [-0.05, 0) is 73.6 Å². The number of likely N-dealkylation sites (tertiary alicyclic amines) is 1. The van der Waals surface area contributed by atoms with E-state index in [9.17, 15) is 22.8 Å². The largest absolute Gasteiger partial charge is 0.487 e. The molecule has 2 aliphatic rings. The molecular formula is C27H33F3N4O2. The Morgan fingerprint density at radius 1 is 1.03 bits per heavy atom. The second-order valence-electron chi connectivity index (χ2n) is 10.0. The highest BCUT2D eigenvalue weighted by Gasteiger charge is 2.48. The highest BCUT2D eigenvalue weighted by Crippen LogP contribution is 2.31. The van der Waals surface area contributed by atoms with Gasteiger partial charge in [-0.2, -0.15) is 0 Å². The molecule has 2 aromatic carbocycles. The molecule has 194 valence electrons. The minimum Gasteiger partial charge on any atom is -0.372 e. The second-order valence-corrected chi connectivity index (χ2v) is 10.0. The topological polar surface area (TPSA) is 64.7 Å². The molecule has 0 saturated carbocycles. The van der Waals surface area contributed by atoms with Gasteiger partial charge in [0.1, 0.15) is 0 Å². The van der Waals surface area contributed by atoms with Crippen LogP contribution in [-0.4, -0.2) is 42.6 Å². The molecule has 2 aliphatic heterocycles. The number of benzene rings is 2. The van der Waals surface area contributed by atoms with E-state index in [1.54, 1.807) is 0 Å². The van der Waals surface area contributed by atoms with Crippen molar-refractivity contribution in [1.29, 1.82) is 0 Å². The summed E-state index contributed by atoms with van der Waals surface area (Å²) < 4.78 is 38.5. The van der Waals surface area contributed by atoms with Gasteiger partial charge in [-0.3, -0.25) is 14.5 Å². The van der Waals surface area contributed by atoms with Crippen LogP contribution in [0.2, 0.25) is 0 Å². The molecule has 0 aliphatic carbocycles. The Morgan fingerprint density at radius 3 is 2.25 bits per heavy atom. The number of nitrogens with one attached hydrogen (secondary N) is 2. The first kappa shape index (κ1) is 25.9. The fraction of sp³-hybridized carbons (Fsp3) is 0.481. The van der Waals surface area contributed by atoms with Crippen molar-refractivity contribution in [3.05, 3.63) is 53.1 Å². The van der Waals surface area contributed by atoms with Crippen LogP contribution < -0.4 is 15.5 Å². The van der Waals surface area contributed by atoms with Gasteiger partial charge in [0, 0.05) is 49.7 Å². The molecule has 0 aromatic heterocycles. The summed E-state index contributed by atoms with van der Waals surface area (Å²) in [4.78, 5) is 26.2. The number of amides is 2. The van der Waals surface area contributed by atoms with Crippen molar-refractivity contribution in [2.75, 3.05) is 29.9 Å². The third-order valence-corrected chi connectivity index (χ3v) is 7.19. The first-order chi connectivity index (χ1) is 17.0. The second kappa shape index (κ2) is 10.4. The fourth-order valence-electron chi connectivity index (χ4n) is 4.83. The van der Waals surface area contributed by atoms with Gasteiger partial charge in [-0.25, -0.2) is 0 Å². The lowest BCUT2D eigenvalue weighted by Gasteiger charge is -2.32. The van der Waals surface area contributed by atoms with Crippen molar-refractivity contribution in [1.82, 2.24) is 10.2 Å². The van der Waals surface area contributed by atoms with E-state index in [2.05, 4.69) is 47.6 Å². The van der Waals surface area contributed by atoms with Gasteiger partial charge in [0.2, 0.25) is 11.8 Å². The maximum absolute atomic E-state index is 12.8. The molecule has 1 unspecified atom stereocenters. The average Bonchev–Trinajstić information content (AvgIpc) is 3.23. The molecule has 2 saturated heterocycles. The molecule has 4 rings (SSSR count). The van der Waals surface area contributed by atoms with E-state index >= 15 is 0 Å². The number of hydrogen-bond acceptors (Lipinski definition) is 4. The van der Waals surface area contributed by atoms with Gasteiger partial charge >= 0.3 is 6.30 Å². The molecule has 36 heavy (non-hydrogen) atoms. The zero-order valence-corrected chi connectivity index (χ0v) is 20.9. The van der Waals surface area contributed by atoms with Crippen LogP contribution in [0.15, 0.2) is 36.4 Å². The molecule has 0 radical (unpaired) electrons. The van der Waals surface area contributed by atoms with Crippen molar-refractivity contribution in [2.24, 2.45) is 11.8 Å². The molecule has 0 bridgehead atoms. The number of carbonyl (C=O) groups excluding carboxylic acids is 2. The zero-order valence-electron chi connectivity index (χ0n) is 20.9. The number of carbonyl (C=O) groups is 2. The number of nitrogens with zero attached hydrogens (tertiary/aromatic N) is 2. The summed E-state index contributed by atoms with van der Waals surface area (Å²) in [6.07, 6.45) is -2.75. The monoisotopic (exact) mass is 502 g/mol. The van der Waals surface area contributed by atoms with Crippen LogP contribution in [0.1, 0.15) is 42.9 Å². The zero-order chi connectivity index (χ0) is 26.0. The van der Waals surface area contributed by atoms with Crippen LogP contribution in [-0.2, 0) is 16.1 Å². The van der Waals surface area contributed by atoms with Gasteiger partial charge in [-0.1, -0.05) is 19.1 Å². The molecule has 0 spiro atoms. The van der Waals surface area contributed by atoms with Crippen molar-refractivity contribution in [3.8, 4) is 0 Å². The molecule has 2 heterocycles. The van der Waals surface area contributed by atoms with E-state index in [1.165, 1.54) is 18.5 Å². The maximum atomic E-state index is 12.8. The molecule has 2 N–H and O–H groups in total. The summed E-state index contributed by atoms with van der Waals surface area (Å²) in [6.45, 7) is 8.07. The number of alkyl halides is 3. The minimum absolute atomic E-state index is 0.179. The van der Waals surface area contributed by atoms with Crippen LogP contribution >= 0.6 is 0 Å². The average molecular weight is 503 g/mol. The van der Waals surface area contributed by atoms with Crippen LogP contribution in [0.3, 0.4) is 0 Å². The lowest BCUT2D eigenvalue weighted by Crippen LogP contribution is -2.40. The number of rotatable bonds is 6. The molecule has 2 aromatic rings. The summed E-state index contributed by atoms with van der Waals surface area (Å²) in [5.74, 6) is -1.83. The van der Waals surface area contributed by atoms with Crippen molar-refractivity contribution >= 4 is 28.9 Å². The quantitative estimate of drug-likeness (QED) is 0.529. The third-order valence-electron chi connectivity index (χ3n) is 7.19. The van der Waals surface area contributed by atoms with E-state index in [1.807, 2.05) is 25.1 Å². The molecule has 1 atom stereocenters. The standard InChI is InChI=1S/C27H33F3N4O2/c1-17-8-10-33(11-9-17)22-5-7-24(19(3)13-22)32-23-6-4-20(12-18(23)2)15-31-26(36)21-14-25(35)34(16-21)27(28,29)30/h4-7,12-13,17,21,32H,8-11,14-16H2,1-3H3,(H,31,36). The molecule has 2 fully saturated rings. The van der Waals surface area contributed by atoms with Crippen LogP contribution in [0.4, 0.5) is 30.2 Å². The van der Waals surface area contributed by atoms with Crippen molar-refractivity contribution in [2.45, 2.75) is 52.9 Å². The Balaban J connectivity index is 1.34. The number of aryl methyl sites for hydroxylation is 2. The fourth-order valence-corrected chi connectivity index (χ4v) is 4.83. The smallest absolute Gasteiger partial charge is 0.372 e. The Hall–Kier alpha value is -3.23. The Labute approximate surface area is 209 Å². The summed E-state index contributed by atoms with van der Waals surface area (Å²) in [5, 5.41) is 6.15. The molecule has 2 amide bonds. The molecule has 9 heteroatoms. The third kappa shape index (κ3) is 5.94. The summed E-state index contributed by atoms with van der Waals surface area (Å²) >= 11 is 0. The lowest BCUT2D eigenvalue weighted by molar-refractivity contribution is -0.235. The van der Waals surface area contributed by atoms with Crippen LogP contribution in [0.5, 0.6) is 0 Å². The number of piperidine rings is 1. The van der Waals surface area contributed by atoms with E-state index in [-0.39, 0.29) is 11.4 Å². The number of halogens is 3. The lowest BCUT2D eigenvalue weighted by atomic mass is 9.98. The van der Waals surface area contributed by atoms with Crippen LogP contribution in [0, 0.1) is 25.7 Å². The van der Waals surface area contributed by atoms with E-state index in [4.69, 9.17) is 0 Å². The van der Waals surface area contributed by atoms with E-state index in [0.717, 1.165) is 47.1 Å². The predicted octanol–water partition coefficient (Wildman–Crippen LogP) is 5.27. The van der Waals surface area contributed by atoms with E-state index < -0.39 is 37.0 Å². The number of anilines is 3. The van der Waals surface area contributed by atoms with Crippen LogP contribution in [0.25, 0.3) is 0 Å². The van der Waals surface area contributed by atoms with Crippen molar-refractivity contribution in [3.63, 3.8) is 0 Å². The summed E-state index contributed by atoms with van der Waals surface area (Å²) in [7, 11) is 0. The normalized spacial score (nSPS) is 19.1. The highest BCUT2D eigenvalue weighted by molar-refractivity contribution is 5.89. The highest BCUT2D eigenvalue weighted by atomic mass is 19.4. The number of hydrogen-bond donors (Lipinski definition) is 2. The van der Waals surface area contributed by atoms with Crippen molar-refractivity contribution < 1.29 is 22.8 Å². The van der Waals surface area contributed by atoms with Gasteiger partial charge in [0.15, 0.2) is 0 Å². The van der Waals surface area contributed by atoms with E-state index in [0.29, 0.717) is 0 Å². The Bertz CT molecular complexity index is 1130. The Morgan fingerprint density at radius 2 is 1.67 bits per heavy atom. The van der Waals surface area contributed by atoms with Gasteiger partial charge in [0.25, 0.3) is 0 Å².